The second-order valence-corrected chi connectivity index (χ2v) is 8.22. The van der Waals surface area contributed by atoms with Crippen LogP contribution < -0.4 is 0 Å². The van der Waals surface area contributed by atoms with E-state index >= 15 is 0 Å². The van der Waals surface area contributed by atoms with Crippen molar-refractivity contribution in [1.29, 1.82) is 0 Å². The lowest BCUT2D eigenvalue weighted by molar-refractivity contribution is 0.876. The Morgan fingerprint density at radius 2 is 0.821 bits per heavy atom. The molecule has 4 aromatic carbocycles. The van der Waals surface area contributed by atoms with Crippen molar-refractivity contribution in [3.63, 3.8) is 0 Å². The molecule has 0 atom stereocenters. The number of benzene rings is 4. The molecule has 0 aliphatic rings. The second-order valence-electron chi connectivity index (χ2n) is 8.22. The molecule has 28 heavy (non-hydrogen) atoms. The molecule has 140 valence electrons. The molecule has 0 aliphatic heterocycles. The fourth-order valence-corrected chi connectivity index (χ4v) is 4.17. The zero-order chi connectivity index (χ0) is 19.7. The van der Waals surface area contributed by atoms with Gasteiger partial charge in [-0.1, -0.05) is 113 Å². The molecule has 0 saturated heterocycles. The standard InChI is InChI=1S/C28H28/c1-19(2)23-17-15-21(25-9-5-7-11-27(23)25)13-14-22-16-18-24(20(3)4)28-12-8-6-10-26(22)28/h5-20H,1-4H3. The Labute approximate surface area is 168 Å². The number of hydrogen-bond donors (Lipinski definition) is 0. The highest BCUT2D eigenvalue weighted by Crippen LogP contribution is 2.31. The van der Waals surface area contributed by atoms with Crippen molar-refractivity contribution in [1.82, 2.24) is 0 Å². The molecule has 0 heterocycles. The van der Waals surface area contributed by atoms with Crippen LogP contribution in [0.15, 0.2) is 72.8 Å². The van der Waals surface area contributed by atoms with Gasteiger partial charge in [0.2, 0.25) is 0 Å². The van der Waals surface area contributed by atoms with Gasteiger partial charge < -0.3 is 0 Å². The summed E-state index contributed by atoms with van der Waals surface area (Å²) in [6, 6.07) is 26.6. The average Bonchev–Trinajstić information content (AvgIpc) is 2.71. The molecular formula is C28H28. The van der Waals surface area contributed by atoms with Crippen LogP contribution in [0.1, 0.15) is 61.8 Å². The van der Waals surface area contributed by atoms with Gasteiger partial charge >= 0.3 is 0 Å². The van der Waals surface area contributed by atoms with Crippen LogP contribution in [0.25, 0.3) is 33.7 Å². The highest BCUT2D eigenvalue weighted by atomic mass is 14.1. The quantitative estimate of drug-likeness (QED) is 0.319. The minimum Gasteiger partial charge on any atom is -0.0616 e. The normalized spacial score (nSPS) is 12.1. The molecule has 0 spiro atoms. The first kappa shape index (κ1) is 18.5. The van der Waals surface area contributed by atoms with Crippen molar-refractivity contribution in [2.45, 2.75) is 39.5 Å². The van der Waals surface area contributed by atoms with Crippen molar-refractivity contribution in [2.75, 3.05) is 0 Å². The maximum Gasteiger partial charge on any atom is -0.0109 e. The van der Waals surface area contributed by atoms with Crippen molar-refractivity contribution in [3.05, 3.63) is 95.1 Å². The van der Waals surface area contributed by atoms with Gasteiger partial charge in [-0.05, 0) is 55.6 Å². The Balaban J connectivity index is 1.83. The molecule has 0 N–H and O–H groups in total. The fraction of sp³-hybridized carbons (Fsp3) is 0.214. The molecule has 0 radical (unpaired) electrons. The van der Waals surface area contributed by atoms with Crippen LogP contribution in [0.3, 0.4) is 0 Å². The van der Waals surface area contributed by atoms with Crippen molar-refractivity contribution in [3.8, 4) is 0 Å². The number of rotatable bonds is 4. The topological polar surface area (TPSA) is 0 Å². The summed E-state index contributed by atoms with van der Waals surface area (Å²) in [5, 5.41) is 5.38. The van der Waals surface area contributed by atoms with E-state index in [2.05, 4.69) is 113 Å². The second kappa shape index (κ2) is 7.64. The van der Waals surface area contributed by atoms with Crippen molar-refractivity contribution in [2.24, 2.45) is 0 Å². The molecule has 0 amide bonds. The van der Waals surface area contributed by atoms with Gasteiger partial charge in [0.1, 0.15) is 0 Å². The Morgan fingerprint density at radius 1 is 0.464 bits per heavy atom. The zero-order valence-corrected chi connectivity index (χ0v) is 17.2. The molecule has 0 nitrogen and oxygen atoms in total. The SMILES string of the molecule is CC(C)c1ccc(C=Cc2ccc(C(C)C)c3ccccc23)c2ccccc12. The fourth-order valence-electron chi connectivity index (χ4n) is 4.17. The molecule has 4 rings (SSSR count). The van der Waals surface area contributed by atoms with Crippen LogP contribution in [0.5, 0.6) is 0 Å². The van der Waals surface area contributed by atoms with Crippen LogP contribution in [-0.4, -0.2) is 0 Å². The van der Waals surface area contributed by atoms with E-state index in [1.807, 2.05) is 0 Å². The van der Waals surface area contributed by atoms with E-state index in [1.165, 1.54) is 43.8 Å². The van der Waals surface area contributed by atoms with Crippen LogP contribution in [0.2, 0.25) is 0 Å². The van der Waals surface area contributed by atoms with E-state index < -0.39 is 0 Å². The van der Waals surface area contributed by atoms with Gasteiger partial charge in [0.05, 0.1) is 0 Å². The Hall–Kier alpha value is -2.86. The van der Waals surface area contributed by atoms with E-state index in [4.69, 9.17) is 0 Å². The van der Waals surface area contributed by atoms with Gasteiger partial charge in [0.25, 0.3) is 0 Å². The molecule has 4 aromatic rings. The summed E-state index contributed by atoms with van der Waals surface area (Å²) in [5.41, 5.74) is 5.38. The Morgan fingerprint density at radius 3 is 1.18 bits per heavy atom. The Kier molecular flexibility index (Phi) is 5.05. The molecular weight excluding hydrogens is 336 g/mol. The smallest absolute Gasteiger partial charge is 0.0109 e. The summed E-state index contributed by atoms with van der Waals surface area (Å²) < 4.78 is 0. The molecule has 0 bridgehead atoms. The Bertz CT molecular complexity index is 1070. The monoisotopic (exact) mass is 364 g/mol. The first-order chi connectivity index (χ1) is 13.6. The molecule has 0 saturated carbocycles. The molecule has 0 heteroatoms. The van der Waals surface area contributed by atoms with E-state index in [1.54, 1.807) is 0 Å². The van der Waals surface area contributed by atoms with Crippen LogP contribution in [0, 0.1) is 0 Å². The zero-order valence-electron chi connectivity index (χ0n) is 17.2. The van der Waals surface area contributed by atoms with Crippen molar-refractivity contribution < 1.29 is 0 Å². The lowest BCUT2D eigenvalue weighted by atomic mass is 9.91. The minimum absolute atomic E-state index is 0.524. The molecule has 0 unspecified atom stereocenters. The molecule has 0 fully saturated rings. The third-order valence-electron chi connectivity index (χ3n) is 5.67. The molecule has 0 aromatic heterocycles. The van der Waals surface area contributed by atoms with Crippen LogP contribution in [-0.2, 0) is 0 Å². The van der Waals surface area contributed by atoms with Crippen LogP contribution in [0.4, 0.5) is 0 Å². The summed E-state index contributed by atoms with van der Waals surface area (Å²) in [4.78, 5) is 0. The van der Waals surface area contributed by atoms with Crippen LogP contribution >= 0.6 is 0 Å². The number of fused-ring (bicyclic) bond motifs is 2. The maximum absolute atomic E-state index is 2.28. The summed E-state index contributed by atoms with van der Waals surface area (Å²) in [6.07, 6.45) is 4.53. The molecule has 0 aliphatic carbocycles. The van der Waals surface area contributed by atoms with E-state index in [-0.39, 0.29) is 0 Å². The summed E-state index contributed by atoms with van der Waals surface area (Å²) in [5.74, 6) is 1.05. The summed E-state index contributed by atoms with van der Waals surface area (Å²) in [7, 11) is 0. The first-order valence-electron chi connectivity index (χ1n) is 10.3. The maximum atomic E-state index is 2.28. The highest BCUT2D eigenvalue weighted by Gasteiger charge is 2.09. The van der Waals surface area contributed by atoms with E-state index in [9.17, 15) is 0 Å². The first-order valence-corrected chi connectivity index (χ1v) is 10.3. The summed E-state index contributed by atoms with van der Waals surface area (Å²) in [6.45, 7) is 9.05. The number of hydrogen-bond acceptors (Lipinski definition) is 0. The van der Waals surface area contributed by atoms with Gasteiger partial charge in [-0.3, -0.25) is 0 Å². The van der Waals surface area contributed by atoms with Gasteiger partial charge in [-0.2, -0.15) is 0 Å². The minimum atomic E-state index is 0.524. The predicted molar refractivity (Wildman–Crippen MR) is 125 cm³/mol. The lowest BCUT2D eigenvalue weighted by Crippen LogP contribution is -1.92. The van der Waals surface area contributed by atoms with Gasteiger partial charge in [0.15, 0.2) is 0 Å². The van der Waals surface area contributed by atoms with Gasteiger partial charge in [-0.25, -0.2) is 0 Å². The van der Waals surface area contributed by atoms with E-state index in [0.29, 0.717) is 11.8 Å². The van der Waals surface area contributed by atoms with Gasteiger partial charge in [-0.15, -0.1) is 0 Å². The predicted octanol–water partition coefficient (Wildman–Crippen LogP) is 8.41. The van der Waals surface area contributed by atoms with Gasteiger partial charge in [0, 0.05) is 0 Å². The lowest BCUT2D eigenvalue weighted by Gasteiger charge is -2.13. The van der Waals surface area contributed by atoms with Crippen molar-refractivity contribution >= 4 is 33.7 Å². The average molecular weight is 365 g/mol. The third-order valence-corrected chi connectivity index (χ3v) is 5.67. The van der Waals surface area contributed by atoms with E-state index in [0.717, 1.165) is 0 Å². The highest BCUT2D eigenvalue weighted by molar-refractivity contribution is 5.99. The third kappa shape index (κ3) is 3.36. The largest absolute Gasteiger partial charge is 0.0616 e. The summed E-state index contributed by atoms with van der Waals surface area (Å²) >= 11 is 0.